The second-order valence-corrected chi connectivity index (χ2v) is 6.38. The van der Waals surface area contributed by atoms with E-state index in [0.717, 1.165) is 31.5 Å². The fraction of sp³-hybridized carbons (Fsp3) is 0.300. The molecule has 1 unspecified atom stereocenters. The summed E-state index contributed by atoms with van der Waals surface area (Å²) in [6, 6.07) is 14.0. The molecule has 1 saturated heterocycles. The van der Waals surface area contributed by atoms with Gasteiger partial charge in [0.2, 0.25) is 5.91 Å². The number of hydrogen-bond donors (Lipinski definition) is 2. The van der Waals surface area contributed by atoms with Crippen LogP contribution in [-0.2, 0) is 11.2 Å². The number of nitrogens with zero attached hydrogens (tertiary/aromatic N) is 1. The molecule has 2 aromatic rings. The van der Waals surface area contributed by atoms with Gasteiger partial charge in [-0.2, -0.15) is 0 Å². The highest BCUT2D eigenvalue weighted by Crippen LogP contribution is 2.13. The Kier molecular flexibility index (Phi) is 5.84. The number of likely N-dealkylation sites (tertiary alicyclic amines) is 1. The summed E-state index contributed by atoms with van der Waals surface area (Å²) in [5.41, 5.74) is 1.31. The molecular weight excluding hydrogens is 333 g/mol. The summed E-state index contributed by atoms with van der Waals surface area (Å²) in [5, 5.41) is 5.33. The van der Waals surface area contributed by atoms with Crippen LogP contribution in [0.25, 0.3) is 0 Å². The number of hydrogen-bond acceptors (Lipinski definition) is 2. The van der Waals surface area contributed by atoms with Crippen LogP contribution in [-0.4, -0.2) is 36.0 Å². The highest BCUT2D eigenvalue weighted by atomic mass is 19.1. The molecule has 0 aliphatic carbocycles. The molecule has 6 heteroatoms. The number of urea groups is 1. The molecular formula is C20H22FN3O2. The Bertz CT molecular complexity index is 761. The maximum atomic E-state index is 13.3. The van der Waals surface area contributed by atoms with E-state index in [1.54, 1.807) is 11.0 Å². The summed E-state index contributed by atoms with van der Waals surface area (Å²) >= 11 is 0. The molecule has 0 aromatic heterocycles. The van der Waals surface area contributed by atoms with E-state index in [-0.39, 0.29) is 5.91 Å². The summed E-state index contributed by atoms with van der Waals surface area (Å²) in [7, 11) is 0. The van der Waals surface area contributed by atoms with Gasteiger partial charge >= 0.3 is 6.03 Å². The van der Waals surface area contributed by atoms with Gasteiger partial charge in [-0.05, 0) is 36.6 Å². The first-order chi connectivity index (χ1) is 12.6. The van der Waals surface area contributed by atoms with Crippen molar-refractivity contribution in [2.45, 2.75) is 25.3 Å². The topological polar surface area (TPSA) is 61.4 Å². The lowest BCUT2D eigenvalue weighted by Gasteiger charge is -2.24. The molecule has 3 amide bonds. The zero-order chi connectivity index (χ0) is 18.4. The molecule has 1 fully saturated rings. The minimum absolute atomic E-state index is 0.0826. The van der Waals surface area contributed by atoms with Crippen LogP contribution < -0.4 is 10.6 Å². The highest BCUT2D eigenvalue weighted by Gasteiger charge is 2.28. The predicted molar refractivity (Wildman–Crippen MR) is 98.3 cm³/mol. The zero-order valence-electron chi connectivity index (χ0n) is 14.5. The van der Waals surface area contributed by atoms with Crippen LogP contribution in [0.1, 0.15) is 18.4 Å². The summed E-state index contributed by atoms with van der Waals surface area (Å²) in [4.78, 5) is 26.9. The Hall–Kier alpha value is -2.89. The van der Waals surface area contributed by atoms with Crippen molar-refractivity contribution in [2.24, 2.45) is 0 Å². The molecule has 5 nitrogen and oxygen atoms in total. The van der Waals surface area contributed by atoms with Crippen LogP contribution in [0.5, 0.6) is 0 Å². The van der Waals surface area contributed by atoms with Crippen molar-refractivity contribution in [3.63, 3.8) is 0 Å². The van der Waals surface area contributed by atoms with E-state index in [1.807, 2.05) is 30.3 Å². The van der Waals surface area contributed by atoms with Gasteiger partial charge in [-0.1, -0.05) is 36.4 Å². The molecule has 0 spiro atoms. The Morgan fingerprint density at radius 2 is 1.77 bits per heavy atom. The molecule has 1 aliphatic rings. The third-order valence-corrected chi connectivity index (χ3v) is 4.39. The average molecular weight is 355 g/mol. The Morgan fingerprint density at radius 3 is 2.46 bits per heavy atom. The third kappa shape index (κ3) is 4.81. The molecule has 0 bridgehead atoms. The molecule has 0 saturated carbocycles. The van der Waals surface area contributed by atoms with Crippen molar-refractivity contribution in [1.29, 1.82) is 0 Å². The zero-order valence-corrected chi connectivity index (χ0v) is 14.5. The maximum absolute atomic E-state index is 13.3. The molecule has 2 N–H and O–H groups in total. The van der Waals surface area contributed by atoms with Gasteiger partial charge in [0.15, 0.2) is 0 Å². The fourth-order valence-corrected chi connectivity index (χ4v) is 3.10. The van der Waals surface area contributed by atoms with Gasteiger partial charge in [0.25, 0.3) is 0 Å². The van der Waals surface area contributed by atoms with Crippen molar-refractivity contribution in [3.8, 4) is 0 Å². The van der Waals surface area contributed by atoms with Gasteiger partial charge in [-0.25, -0.2) is 9.18 Å². The second kappa shape index (κ2) is 8.47. The number of halogens is 1. The van der Waals surface area contributed by atoms with Crippen LogP contribution in [0.4, 0.5) is 14.9 Å². The minimum atomic E-state index is -0.663. The van der Waals surface area contributed by atoms with Crippen LogP contribution in [0, 0.1) is 5.82 Å². The number of carbonyl (C=O) groups excluding carboxylic acids is 2. The number of amides is 3. The van der Waals surface area contributed by atoms with E-state index >= 15 is 0 Å². The van der Waals surface area contributed by atoms with Gasteiger partial charge in [-0.3, -0.25) is 4.79 Å². The molecule has 1 aliphatic heterocycles. The van der Waals surface area contributed by atoms with Crippen molar-refractivity contribution < 1.29 is 14.0 Å². The number of rotatable bonds is 5. The van der Waals surface area contributed by atoms with Gasteiger partial charge < -0.3 is 15.5 Å². The maximum Gasteiger partial charge on any atom is 0.319 e. The number of anilines is 1. The number of nitrogens with one attached hydrogen (secondary N) is 2. The van der Waals surface area contributed by atoms with Crippen molar-refractivity contribution in [1.82, 2.24) is 10.2 Å². The Balaban J connectivity index is 1.69. The summed E-state index contributed by atoms with van der Waals surface area (Å²) < 4.78 is 13.3. The molecule has 1 heterocycles. The standard InChI is InChI=1S/C20H22FN3O2/c21-16-9-6-10-17(14-16)22-20(26)23-18(13-15-7-2-1-3-8-15)19(25)24-11-4-5-12-24/h1-3,6-10,14,18H,4-5,11-13H2,(H2,22,23,26). The molecule has 1 atom stereocenters. The minimum Gasteiger partial charge on any atom is -0.341 e. The smallest absolute Gasteiger partial charge is 0.319 e. The van der Waals surface area contributed by atoms with Gasteiger partial charge in [-0.15, -0.1) is 0 Å². The first-order valence-corrected chi connectivity index (χ1v) is 8.77. The van der Waals surface area contributed by atoms with Gasteiger partial charge in [0.1, 0.15) is 11.9 Å². The van der Waals surface area contributed by atoms with Crippen LogP contribution in [0.15, 0.2) is 54.6 Å². The van der Waals surface area contributed by atoms with E-state index in [4.69, 9.17) is 0 Å². The normalized spacial score (nSPS) is 14.7. The van der Waals surface area contributed by atoms with Crippen LogP contribution in [0.3, 0.4) is 0 Å². The SMILES string of the molecule is O=C(Nc1cccc(F)c1)NC(Cc1ccccc1)C(=O)N1CCCC1. The van der Waals surface area contributed by atoms with E-state index in [0.29, 0.717) is 12.1 Å². The first kappa shape index (κ1) is 17.9. The monoisotopic (exact) mass is 355 g/mol. The van der Waals surface area contributed by atoms with E-state index in [9.17, 15) is 14.0 Å². The van der Waals surface area contributed by atoms with Gasteiger partial charge in [0.05, 0.1) is 0 Å². The second-order valence-electron chi connectivity index (χ2n) is 6.38. The number of carbonyl (C=O) groups is 2. The molecule has 0 radical (unpaired) electrons. The Labute approximate surface area is 152 Å². The fourth-order valence-electron chi connectivity index (χ4n) is 3.10. The summed E-state index contributed by atoms with van der Waals surface area (Å²) in [6.07, 6.45) is 2.38. The lowest BCUT2D eigenvalue weighted by Crippen LogP contribution is -2.50. The summed E-state index contributed by atoms with van der Waals surface area (Å²) in [6.45, 7) is 1.44. The van der Waals surface area contributed by atoms with Crippen LogP contribution >= 0.6 is 0 Å². The van der Waals surface area contributed by atoms with Crippen molar-refractivity contribution in [2.75, 3.05) is 18.4 Å². The predicted octanol–water partition coefficient (Wildman–Crippen LogP) is 3.18. The number of benzene rings is 2. The van der Waals surface area contributed by atoms with Crippen molar-refractivity contribution >= 4 is 17.6 Å². The lowest BCUT2D eigenvalue weighted by atomic mass is 10.0. The van der Waals surface area contributed by atoms with E-state index in [2.05, 4.69) is 10.6 Å². The molecule has 136 valence electrons. The lowest BCUT2D eigenvalue weighted by molar-refractivity contribution is -0.132. The summed E-state index contributed by atoms with van der Waals surface area (Å²) in [5.74, 6) is -0.516. The third-order valence-electron chi connectivity index (χ3n) is 4.39. The molecule has 26 heavy (non-hydrogen) atoms. The average Bonchev–Trinajstić information content (AvgIpc) is 3.16. The van der Waals surface area contributed by atoms with Crippen molar-refractivity contribution in [3.05, 3.63) is 66.0 Å². The van der Waals surface area contributed by atoms with Gasteiger partial charge in [0, 0.05) is 25.2 Å². The van der Waals surface area contributed by atoms with Crippen LogP contribution in [0.2, 0.25) is 0 Å². The quantitative estimate of drug-likeness (QED) is 0.865. The largest absolute Gasteiger partial charge is 0.341 e. The van der Waals surface area contributed by atoms with E-state index in [1.165, 1.54) is 18.2 Å². The molecule has 2 aromatic carbocycles. The molecule has 3 rings (SSSR count). The highest BCUT2D eigenvalue weighted by molar-refractivity contribution is 5.93. The van der Waals surface area contributed by atoms with E-state index < -0.39 is 17.9 Å². The Morgan fingerprint density at radius 1 is 1.04 bits per heavy atom. The first-order valence-electron chi connectivity index (χ1n) is 8.77.